The van der Waals surface area contributed by atoms with E-state index in [1.165, 1.54) is 5.56 Å². The zero-order valence-corrected chi connectivity index (χ0v) is 20.2. The van der Waals surface area contributed by atoms with Crippen molar-refractivity contribution in [1.29, 1.82) is 0 Å². The molecule has 1 aromatic carbocycles. The molecule has 34 heavy (non-hydrogen) atoms. The van der Waals surface area contributed by atoms with Crippen LogP contribution in [0.3, 0.4) is 0 Å². The molecule has 0 radical (unpaired) electrons. The summed E-state index contributed by atoms with van der Waals surface area (Å²) in [4.78, 5) is 7.32. The van der Waals surface area contributed by atoms with E-state index in [4.69, 9.17) is 20.2 Å². The lowest BCUT2D eigenvalue weighted by molar-refractivity contribution is 0.0717. The fourth-order valence-corrected chi connectivity index (χ4v) is 4.48. The fraction of sp³-hybridized carbons (Fsp3) is 0.423. The molecule has 1 saturated heterocycles. The van der Waals surface area contributed by atoms with Crippen molar-refractivity contribution < 1.29 is 9.47 Å². The molecule has 178 valence electrons. The van der Waals surface area contributed by atoms with Gasteiger partial charge in [0, 0.05) is 49.4 Å². The molecular weight excluding hydrogens is 428 g/mol. The second-order valence-electron chi connectivity index (χ2n) is 9.67. The van der Waals surface area contributed by atoms with Crippen molar-refractivity contribution in [3.63, 3.8) is 0 Å². The summed E-state index contributed by atoms with van der Waals surface area (Å²) in [5.41, 5.74) is 9.85. The number of nitrogens with zero attached hydrogens (tertiary/aromatic N) is 5. The lowest BCUT2D eigenvalue weighted by Gasteiger charge is -2.26. The fourth-order valence-electron chi connectivity index (χ4n) is 4.48. The Hall–Kier alpha value is -3.07. The van der Waals surface area contributed by atoms with Crippen molar-refractivity contribution >= 4 is 16.6 Å². The normalized spacial score (nSPS) is 20.7. The maximum absolute atomic E-state index is 6.36. The van der Waals surface area contributed by atoms with Crippen LogP contribution in [-0.2, 0) is 4.74 Å². The Morgan fingerprint density at radius 2 is 1.94 bits per heavy atom. The van der Waals surface area contributed by atoms with Gasteiger partial charge >= 0.3 is 0 Å². The van der Waals surface area contributed by atoms with Crippen molar-refractivity contribution in [1.82, 2.24) is 24.5 Å². The first-order chi connectivity index (χ1) is 16.3. The summed E-state index contributed by atoms with van der Waals surface area (Å²) in [6, 6.07) is 14.4. The van der Waals surface area contributed by atoms with Gasteiger partial charge < -0.3 is 15.2 Å². The minimum absolute atomic E-state index is 0.0214. The van der Waals surface area contributed by atoms with Gasteiger partial charge in [0.25, 0.3) is 0 Å². The van der Waals surface area contributed by atoms with Crippen LogP contribution in [-0.4, -0.2) is 62.9 Å². The molecule has 8 heteroatoms. The van der Waals surface area contributed by atoms with E-state index >= 15 is 0 Å². The molecule has 3 atom stereocenters. The lowest BCUT2D eigenvalue weighted by Crippen LogP contribution is -2.39. The number of nitrogens with two attached hydrogens (primary N) is 1. The zero-order valence-electron chi connectivity index (χ0n) is 20.2. The summed E-state index contributed by atoms with van der Waals surface area (Å²) in [5, 5.41) is 9.87. The van der Waals surface area contributed by atoms with Crippen LogP contribution in [0.2, 0.25) is 0 Å². The van der Waals surface area contributed by atoms with E-state index in [2.05, 4.69) is 47.3 Å². The van der Waals surface area contributed by atoms with Gasteiger partial charge in [0.2, 0.25) is 0 Å². The first-order valence-electron chi connectivity index (χ1n) is 11.8. The van der Waals surface area contributed by atoms with E-state index in [0.29, 0.717) is 6.61 Å². The van der Waals surface area contributed by atoms with Gasteiger partial charge in [-0.15, -0.1) is 10.2 Å². The Morgan fingerprint density at radius 1 is 1.12 bits per heavy atom. The Bertz CT molecular complexity index is 1320. The molecule has 4 aromatic rings. The number of pyridine rings is 2. The average Bonchev–Trinajstić information content (AvgIpc) is 3.43. The molecule has 0 spiro atoms. The summed E-state index contributed by atoms with van der Waals surface area (Å²) >= 11 is 0. The van der Waals surface area contributed by atoms with Crippen molar-refractivity contribution in [3.05, 3.63) is 54.2 Å². The van der Waals surface area contributed by atoms with Crippen LogP contribution < -0.4 is 10.5 Å². The van der Waals surface area contributed by atoms with E-state index < -0.39 is 0 Å². The summed E-state index contributed by atoms with van der Waals surface area (Å²) in [6.07, 6.45) is 3.15. The molecule has 0 unspecified atom stereocenters. The summed E-state index contributed by atoms with van der Waals surface area (Å²) in [5.74, 6) is 1.48. The lowest BCUT2D eigenvalue weighted by atomic mass is 10.0. The number of aromatic nitrogens is 4. The van der Waals surface area contributed by atoms with Crippen molar-refractivity contribution in [2.45, 2.75) is 44.9 Å². The highest BCUT2D eigenvalue weighted by molar-refractivity contribution is 5.82. The Morgan fingerprint density at radius 3 is 2.71 bits per heavy atom. The topological polar surface area (TPSA) is 90.8 Å². The standard InChI is InChI=1S/C26H32N6O2/c1-17(33-4)15-34-21-8-5-19-6-9-22(28-23(19)13-21)25-30-29-24-10-7-20(14-32(24)25)18(2)31-12-11-26(3,27)16-31/h5-10,13-14,17-18H,11-12,15-16,27H2,1-4H3/t17-,18+,26-/m0/s1. The van der Waals surface area contributed by atoms with Gasteiger partial charge in [-0.25, -0.2) is 4.98 Å². The number of methoxy groups -OCH3 is 1. The minimum atomic E-state index is -0.126. The SMILES string of the molecule is CO[C@@H](C)COc1ccc2ccc(-c3nnc4ccc([C@@H](C)N5CC[C@](C)(N)C5)cn34)nc2c1. The molecule has 1 aliphatic rings. The second kappa shape index (κ2) is 8.94. The predicted molar refractivity (Wildman–Crippen MR) is 133 cm³/mol. The van der Waals surface area contributed by atoms with Crippen LogP contribution in [0.4, 0.5) is 0 Å². The van der Waals surface area contributed by atoms with E-state index in [9.17, 15) is 0 Å². The van der Waals surface area contributed by atoms with Crippen LogP contribution in [0, 0.1) is 0 Å². The van der Waals surface area contributed by atoms with Gasteiger partial charge in [0.15, 0.2) is 11.5 Å². The van der Waals surface area contributed by atoms with Crippen LogP contribution >= 0.6 is 0 Å². The molecule has 0 bridgehead atoms. The number of hydrogen-bond acceptors (Lipinski definition) is 7. The maximum Gasteiger partial charge on any atom is 0.187 e. The van der Waals surface area contributed by atoms with E-state index in [0.717, 1.165) is 53.3 Å². The quantitative estimate of drug-likeness (QED) is 0.448. The highest BCUT2D eigenvalue weighted by Crippen LogP contribution is 2.29. The molecule has 1 fully saturated rings. The van der Waals surface area contributed by atoms with Gasteiger partial charge in [-0.2, -0.15) is 0 Å². The van der Waals surface area contributed by atoms with Crippen LogP contribution in [0.15, 0.2) is 48.7 Å². The number of hydrogen-bond donors (Lipinski definition) is 1. The van der Waals surface area contributed by atoms with E-state index in [-0.39, 0.29) is 17.7 Å². The number of likely N-dealkylation sites (tertiary alicyclic amines) is 1. The summed E-state index contributed by atoms with van der Waals surface area (Å²) in [6.45, 7) is 8.70. The van der Waals surface area contributed by atoms with Gasteiger partial charge in [-0.05, 0) is 57.0 Å². The molecule has 4 heterocycles. The maximum atomic E-state index is 6.36. The van der Waals surface area contributed by atoms with Crippen LogP contribution in [0.5, 0.6) is 5.75 Å². The van der Waals surface area contributed by atoms with Gasteiger partial charge in [-0.3, -0.25) is 9.30 Å². The first-order valence-corrected chi connectivity index (χ1v) is 11.8. The molecule has 1 aliphatic heterocycles. The summed E-state index contributed by atoms with van der Waals surface area (Å²) < 4.78 is 13.2. The molecule has 2 N–H and O–H groups in total. The first kappa shape index (κ1) is 22.7. The van der Waals surface area contributed by atoms with Gasteiger partial charge in [0.1, 0.15) is 18.1 Å². The third-order valence-electron chi connectivity index (χ3n) is 6.77. The summed E-state index contributed by atoms with van der Waals surface area (Å²) in [7, 11) is 1.68. The highest BCUT2D eigenvalue weighted by Gasteiger charge is 2.32. The average molecular weight is 461 g/mol. The molecule has 3 aromatic heterocycles. The van der Waals surface area contributed by atoms with E-state index in [1.54, 1.807) is 7.11 Å². The van der Waals surface area contributed by atoms with Crippen molar-refractivity contribution in [2.75, 3.05) is 26.8 Å². The number of fused-ring (bicyclic) bond motifs is 2. The van der Waals surface area contributed by atoms with Gasteiger partial charge in [0.05, 0.1) is 11.6 Å². The predicted octanol–water partition coefficient (Wildman–Crippen LogP) is 3.84. The van der Waals surface area contributed by atoms with Crippen molar-refractivity contribution in [3.8, 4) is 17.3 Å². The Balaban J connectivity index is 1.46. The monoisotopic (exact) mass is 460 g/mol. The molecule has 0 amide bonds. The smallest absolute Gasteiger partial charge is 0.187 e. The third-order valence-corrected chi connectivity index (χ3v) is 6.77. The molecule has 8 nitrogen and oxygen atoms in total. The van der Waals surface area contributed by atoms with Gasteiger partial charge in [-0.1, -0.05) is 12.1 Å². The Labute approximate surface area is 199 Å². The van der Waals surface area contributed by atoms with Crippen LogP contribution in [0.25, 0.3) is 28.1 Å². The number of benzene rings is 1. The molecule has 5 rings (SSSR count). The molecular formula is C26H32N6O2. The zero-order chi connectivity index (χ0) is 23.9. The van der Waals surface area contributed by atoms with E-state index in [1.807, 2.05) is 41.7 Å². The highest BCUT2D eigenvalue weighted by atomic mass is 16.5. The van der Waals surface area contributed by atoms with Crippen molar-refractivity contribution in [2.24, 2.45) is 5.73 Å². The molecule has 0 saturated carbocycles. The Kier molecular flexibility index (Phi) is 5.97. The molecule has 0 aliphatic carbocycles. The minimum Gasteiger partial charge on any atom is -0.491 e. The largest absolute Gasteiger partial charge is 0.491 e. The number of ether oxygens (including phenoxy) is 2. The second-order valence-corrected chi connectivity index (χ2v) is 9.67. The van der Waals surface area contributed by atoms with Crippen LogP contribution in [0.1, 0.15) is 38.8 Å². The number of rotatable bonds is 7. The third kappa shape index (κ3) is 4.49.